The van der Waals surface area contributed by atoms with Crippen molar-refractivity contribution < 1.29 is 0 Å². The number of nitrogens with zero attached hydrogens (tertiary/aromatic N) is 2. The van der Waals surface area contributed by atoms with Crippen molar-refractivity contribution in [3.63, 3.8) is 0 Å². The van der Waals surface area contributed by atoms with Crippen LogP contribution in [0.3, 0.4) is 0 Å². The van der Waals surface area contributed by atoms with Gasteiger partial charge in [-0.2, -0.15) is 0 Å². The Hall–Kier alpha value is -6.64. The van der Waals surface area contributed by atoms with Crippen LogP contribution < -0.4 is 0 Å². The van der Waals surface area contributed by atoms with E-state index in [0.29, 0.717) is 0 Å². The number of hydrogen-bond donors (Lipinski definition) is 0. The van der Waals surface area contributed by atoms with E-state index in [1.54, 1.807) is 0 Å². The Morgan fingerprint density at radius 2 is 0.904 bits per heavy atom. The second kappa shape index (κ2) is 11.4. The molecule has 0 fully saturated rings. The molecule has 8 aromatic carbocycles. The Kier molecular flexibility index (Phi) is 6.41. The molecule has 1 aliphatic rings. The van der Waals surface area contributed by atoms with Gasteiger partial charge in [-0.15, -0.1) is 0 Å². The van der Waals surface area contributed by atoms with Gasteiger partial charge in [0.2, 0.25) is 0 Å². The summed E-state index contributed by atoms with van der Waals surface area (Å²) in [4.78, 5) is 0. The number of allylic oxidation sites excluding steroid dienone is 4. The van der Waals surface area contributed by atoms with Gasteiger partial charge in [0.05, 0.1) is 22.1 Å². The zero-order valence-corrected chi connectivity index (χ0v) is 28.6. The molecule has 0 atom stereocenters. The van der Waals surface area contributed by atoms with Crippen molar-refractivity contribution in [1.82, 2.24) is 9.13 Å². The smallest absolute Gasteiger partial charge is 0.0548 e. The normalized spacial score (nSPS) is 13.3. The van der Waals surface area contributed by atoms with Crippen LogP contribution >= 0.6 is 0 Å². The molecule has 2 aromatic heterocycles. The molecule has 52 heavy (non-hydrogen) atoms. The lowest BCUT2D eigenvalue weighted by Crippen LogP contribution is -1.95. The fourth-order valence-electron chi connectivity index (χ4n) is 8.57. The van der Waals surface area contributed by atoms with E-state index in [1.807, 2.05) is 0 Å². The number of aromatic nitrogens is 2. The molecule has 11 rings (SSSR count). The Bertz CT molecular complexity index is 3110. The van der Waals surface area contributed by atoms with Gasteiger partial charge in [0.1, 0.15) is 0 Å². The van der Waals surface area contributed by atoms with Crippen molar-refractivity contribution in [3.8, 4) is 22.5 Å². The first-order valence-corrected chi connectivity index (χ1v) is 18.2. The number of rotatable bonds is 4. The van der Waals surface area contributed by atoms with Crippen LogP contribution in [0.15, 0.2) is 182 Å². The number of para-hydroxylation sites is 2. The molecule has 2 nitrogen and oxygen atoms in total. The standard InChI is InChI=1S/C50H34N2/c1-2-10-33(11-3-1)37-20-21-40-30-42(27-24-39(40)29-37)52-48-17-9-7-15-44(48)46-31-49-45(32-50(46)52)43-14-6-8-16-47(43)51(49)41-25-22-35(23-26-41)38-19-18-34-12-4-5-13-36(34)28-38/h1-2,4-10,12-32H,3,11H2. The number of benzene rings is 8. The van der Waals surface area contributed by atoms with Crippen LogP contribution in [0.2, 0.25) is 0 Å². The van der Waals surface area contributed by atoms with Gasteiger partial charge in [0.25, 0.3) is 0 Å². The first-order chi connectivity index (χ1) is 25.8. The SMILES string of the molecule is C1=CCCC(c2ccc3cc(-n4c5ccccc5c5cc6c(cc54)c4ccccc4n6-c4ccc(-c5ccc6ccccc6c5)cc4)ccc3c2)=C1. The lowest BCUT2D eigenvalue weighted by molar-refractivity contribution is 1.05. The van der Waals surface area contributed by atoms with E-state index in [4.69, 9.17) is 0 Å². The van der Waals surface area contributed by atoms with E-state index in [0.717, 1.165) is 18.5 Å². The first-order valence-electron chi connectivity index (χ1n) is 18.2. The lowest BCUT2D eigenvalue weighted by atomic mass is 9.95. The average molecular weight is 663 g/mol. The molecule has 0 radical (unpaired) electrons. The summed E-state index contributed by atoms with van der Waals surface area (Å²) in [6.45, 7) is 0. The van der Waals surface area contributed by atoms with Gasteiger partial charge >= 0.3 is 0 Å². The molecule has 0 aliphatic heterocycles. The predicted octanol–water partition coefficient (Wildman–Crippen LogP) is 13.6. The number of fused-ring (bicyclic) bond motifs is 8. The molecule has 0 amide bonds. The zero-order valence-electron chi connectivity index (χ0n) is 28.6. The molecule has 2 heteroatoms. The molecule has 2 heterocycles. The summed E-state index contributed by atoms with van der Waals surface area (Å²) in [6, 6.07) is 60.7. The topological polar surface area (TPSA) is 9.86 Å². The third-order valence-electron chi connectivity index (χ3n) is 11.1. The van der Waals surface area contributed by atoms with Gasteiger partial charge in [-0.3, -0.25) is 0 Å². The fraction of sp³-hybridized carbons (Fsp3) is 0.0400. The summed E-state index contributed by atoms with van der Waals surface area (Å²) in [5.74, 6) is 0. The van der Waals surface area contributed by atoms with Gasteiger partial charge in [-0.1, -0.05) is 121 Å². The minimum absolute atomic E-state index is 1.10. The van der Waals surface area contributed by atoms with E-state index in [-0.39, 0.29) is 0 Å². The molecule has 0 spiro atoms. The summed E-state index contributed by atoms with van der Waals surface area (Å²) in [5.41, 5.74) is 12.4. The Balaban J connectivity index is 1.08. The molecule has 0 saturated carbocycles. The van der Waals surface area contributed by atoms with E-state index in [1.165, 1.54) is 93.1 Å². The molecular formula is C50H34N2. The van der Waals surface area contributed by atoms with Crippen LogP contribution in [0.5, 0.6) is 0 Å². The molecule has 0 unspecified atom stereocenters. The monoisotopic (exact) mass is 662 g/mol. The Labute approximate surface area is 301 Å². The first kappa shape index (κ1) is 29.1. The van der Waals surface area contributed by atoms with E-state index in [9.17, 15) is 0 Å². The highest BCUT2D eigenvalue weighted by Crippen LogP contribution is 2.40. The van der Waals surface area contributed by atoms with Crippen molar-refractivity contribution in [2.75, 3.05) is 0 Å². The molecule has 0 saturated heterocycles. The maximum atomic E-state index is 2.45. The second-order valence-electron chi connectivity index (χ2n) is 14.1. The van der Waals surface area contributed by atoms with Gasteiger partial charge < -0.3 is 9.13 Å². The third-order valence-corrected chi connectivity index (χ3v) is 11.1. The fourth-order valence-corrected chi connectivity index (χ4v) is 8.57. The van der Waals surface area contributed by atoms with Crippen molar-refractivity contribution in [3.05, 3.63) is 188 Å². The van der Waals surface area contributed by atoms with Gasteiger partial charge in [0.15, 0.2) is 0 Å². The highest BCUT2D eigenvalue weighted by Gasteiger charge is 2.19. The average Bonchev–Trinajstić information content (AvgIpc) is 3.72. The Morgan fingerprint density at radius 3 is 1.63 bits per heavy atom. The van der Waals surface area contributed by atoms with Crippen LogP contribution in [-0.2, 0) is 0 Å². The summed E-state index contributed by atoms with van der Waals surface area (Å²) in [5, 5.41) is 10.1. The van der Waals surface area contributed by atoms with Crippen LogP contribution in [0.25, 0.3) is 93.2 Å². The Morgan fingerprint density at radius 1 is 0.365 bits per heavy atom. The van der Waals surface area contributed by atoms with Crippen molar-refractivity contribution in [1.29, 1.82) is 0 Å². The molecule has 0 N–H and O–H groups in total. The second-order valence-corrected chi connectivity index (χ2v) is 14.1. The molecule has 244 valence electrons. The number of hydrogen-bond acceptors (Lipinski definition) is 0. The maximum absolute atomic E-state index is 2.45. The lowest BCUT2D eigenvalue weighted by Gasteiger charge is -2.13. The molecular weight excluding hydrogens is 629 g/mol. The predicted molar refractivity (Wildman–Crippen MR) is 222 cm³/mol. The van der Waals surface area contributed by atoms with Gasteiger partial charge in [-0.25, -0.2) is 0 Å². The summed E-state index contributed by atoms with van der Waals surface area (Å²) in [6.07, 6.45) is 8.91. The van der Waals surface area contributed by atoms with Crippen molar-refractivity contribution in [2.24, 2.45) is 0 Å². The quantitative estimate of drug-likeness (QED) is 0.177. The van der Waals surface area contributed by atoms with E-state index >= 15 is 0 Å². The van der Waals surface area contributed by atoms with E-state index in [2.05, 4.69) is 191 Å². The maximum Gasteiger partial charge on any atom is 0.0548 e. The van der Waals surface area contributed by atoms with Crippen LogP contribution in [0.1, 0.15) is 18.4 Å². The van der Waals surface area contributed by atoms with Crippen LogP contribution in [0.4, 0.5) is 0 Å². The minimum Gasteiger partial charge on any atom is -0.309 e. The van der Waals surface area contributed by atoms with Crippen molar-refractivity contribution in [2.45, 2.75) is 12.8 Å². The minimum atomic E-state index is 1.10. The van der Waals surface area contributed by atoms with Gasteiger partial charge in [0, 0.05) is 32.9 Å². The zero-order chi connectivity index (χ0) is 34.2. The molecule has 0 bridgehead atoms. The van der Waals surface area contributed by atoms with Crippen LogP contribution in [-0.4, -0.2) is 9.13 Å². The van der Waals surface area contributed by atoms with Crippen LogP contribution in [0, 0.1) is 0 Å². The highest BCUT2D eigenvalue weighted by molar-refractivity contribution is 6.19. The van der Waals surface area contributed by atoms with Crippen molar-refractivity contribution >= 4 is 70.7 Å². The molecule has 10 aromatic rings. The molecule has 1 aliphatic carbocycles. The van der Waals surface area contributed by atoms with E-state index < -0.39 is 0 Å². The van der Waals surface area contributed by atoms with Gasteiger partial charge in [-0.05, 0) is 117 Å². The highest BCUT2D eigenvalue weighted by atomic mass is 15.0. The summed E-state index contributed by atoms with van der Waals surface area (Å²) >= 11 is 0. The summed E-state index contributed by atoms with van der Waals surface area (Å²) in [7, 11) is 0. The summed E-state index contributed by atoms with van der Waals surface area (Å²) < 4.78 is 4.89. The largest absolute Gasteiger partial charge is 0.309 e. The third kappa shape index (κ3) is 4.51.